The smallest absolute Gasteiger partial charge is 0.261 e. The van der Waals surface area contributed by atoms with Gasteiger partial charge in [-0.05, 0) is 32.0 Å². The molecule has 0 saturated carbocycles. The molecule has 0 fully saturated rings. The molecule has 114 valence electrons. The predicted octanol–water partition coefficient (Wildman–Crippen LogP) is 1.52. The quantitative estimate of drug-likeness (QED) is 0.839. The van der Waals surface area contributed by atoms with Crippen LogP contribution in [0.1, 0.15) is 44.9 Å². The second-order valence-corrected chi connectivity index (χ2v) is 6.41. The Morgan fingerprint density at radius 3 is 2.64 bits per heavy atom. The number of benzene rings is 1. The van der Waals surface area contributed by atoms with E-state index in [4.69, 9.17) is 0 Å². The van der Waals surface area contributed by atoms with Crippen LogP contribution in [0.25, 0.3) is 0 Å². The molecule has 3 amide bonds. The summed E-state index contributed by atoms with van der Waals surface area (Å²) in [5.74, 6) is -0.120. The number of hydrogen-bond acceptors (Lipinski definition) is 5. The number of nitrogens with one attached hydrogen (secondary N) is 1. The Bertz CT molecular complexity index is 712. The molecular formula is C15H15N3O3S. The maximum absolute atomic E-state index is 12.3. The lowest BCUT2D eigenvalue weighted by atomic mass is 10.1. The molecule has 1 N–H and O–H groups in total. The topological polar surface area (TPSA) is 78.8 Å². The number of thioether (sulfide) groups is 1. The molecule has 0 aromatic heterocycles. The van der Waals surface area contributed by atoms with E-state index in [2.05, 4.69) is 10.3 Å². The number of carbonyl (C=O) groups is 3. The molecule has 2 heterocycles. The number of hydrogen-bond donors (Lipinski definition) is 1. The van der Waals surface area contributed by atoms with Crippen LogP contribution < -0.4 is 5.32 Å². The minimum Gasteiger partial charge on any atom is -0.301 e. The van der Waals surface area contributed by atoms with E-state index in [0.29, 0.717) is 22.8 Å². The van der Waals surface area contributed by atoms with Gasteiger partial charge in [0, 0.05) is 17.4 Å². The fourth-order valence-electron chi connectivity index (χ4n) is 2.45. The minimum atomic E-state index is -0.350. The van der Waals surface area contributed by atoms with Crippen molar-refractivity contribution in [1.82, 2.24) is 10.2 Å². The summed E-state index contributed by atoms with van der Waals surface area (Å²) in [6.45, 7) is 4.26. The third kappa shape index (κ3) is 2.41. The van der Waals surface area contributed by atoms with Gasteiger partial charge in [-0.3, -0.25) is 24.3 Å². The lowest BCUT2D eigenvalue weighted by Gasteiger charge is -2.17. The third-order valence-electron chi connectivity index (χ3n) is 3.50. The van der Waals surface area contributed by atoms with Gasteiger partial charge in [0.2, 0.25) is 0 Å². The summed E-state index contributed by atoms with van der Waals surface area (Å²) in [7, 11) is 0. The zero-order valence-corrected chi connectivity index (χ0v) is 13.1. The monoisotopic (exact) mass is 317 g/mol. The Labute approximate surface area is 132 Å². The molecule has 1 aromatic rings. The van der Waals surface area contributed by atoms with Crippen LogP contribution in [-0.4, -0.2) is 46.1 Å². The lowest BCUT2D eigenvalue weighted by Crippen LogP contribution is -2.35. The van der Waals surface area contributed by atoms with Gasteiger partial charge in [-0.2, -0.15) is 0 Å². The number of rotatable bonds is 2. The third-order valence-corrected chi connectivity index (χ3v) is 4.39. The van der Waals surface area contributed by atoms with Crippen molar-refractivity contribution in [3.8, 4) is 0 Å². The fraction of sp³-hybridized carbons (Fsp3) is 0.333. The molecule has 1 aromatic carbocycles. The fourth-order valence-corrected chi connectivity index (χ4v) is 3.17. The van der Waals surface area contributed by atoms with Gasteiger partial charge < -0.3 is 5.32 Å². The highest BCUT2D eigenvalue weighted by Crippen LogP contribution is 2.25. The molecule has 6 nitrogen and oxygen atoms in total. The van der Waals surface area contributed by atoms with E-state index in [1.54, 1.807) is 19.9 Å². The normalized spacial score (nSPS) is 17.0. The minimum absolute atomic E-state index is 0.214. The second kappa shape index (κ2) is 5.57. The standard InChI is InChI=1S/C15H15N3O3S/c1-8(2)18-13(20)10-4-3-9(7-11(10)14(18)21)12(19)17-15-16-5-6-22-15/h3-4,7-8H,5-6H2,1-2H3,(H,16,17,19). The van der Waals surface area contributed by atoms with Crippen LogP contribution in [0.4, 0.5) is 0 Å². The molecule has 0 radical (unpaired) electrons. The first-order valence-electron chi connectivity index (χ1n) is 6.99. The summed E-state index contributed by atoms with van der Waals surface area (Å²) < 4.78 is 0. The first kappa shape index (κ1) is 14.8. The average molecular weight is 317 g/mol. The van der Waals surface area contributed by atoms with Crippen LogP contribution in [0, 0.1) is 0 Å². The molecular weight excluding hydrogens is 302 g/mol. The van der Waals surface area contributed by atoms with Crippen molar-refractivity contribution in [3.05, 3.63) is 34.9 Å². The number of amides is 3. The van der Waals surface area contributed by atoms with Crippen molar-refractivity contribution in [3.63, 3.8) is 0 Å². The van der Waals surface area contributed by atoms with Gasteiger partial charge in [0.25, 0.3) is 17.7 Å². The predicted molar refractivity (Wildman–Crippen MR) is 84.3 cm³/mol. The highest BCUT2D eigenvalue weighted by molar-refractivity contribution is 8.14. The molecule has 0 aliphatic carbocycles. The number of carbonyl (C=O) groups excluding carboxylic acids is 3. The van der Waals surface area contributed by atoms with Crippen molar-refractivity contribution in [1.29, 1.82) is 0 Å². The van der Waals surface area contributed by atoms with Gasteiger partial charge in [-0.15, -0.1) is 0 Å². The van der Waals surface area contributed by atoms with E-state index in [0.717, 1.165) is 5.75 Å². The molecule has 0 unspecified atom stereocenters. The summed E-state index contributed by atoms with van der Waals surface area (Å²) in [6, 6.07) is 4.36. The molecule has 2 aliphatic rings. The summed E-state index contributed by atoms with van der Waals surface area (Å²) in [5, 5.41) is 3.30. The van der Waals surface area contributed by atoms with Crippen LogP contribution >= 0.6 is 11.8 Å². The maximum Gasteiger partial charge on any atom is 0.261 e. The average Bonchev–Trinajstić information content (AvgIpc) is 3.06. The Morgan fingerprint density at radius 1 is 1.27 bits per heavy atom. The van der Waals surface area contributed by atoms with E-state index in [-0.39, 0.29) is 29.3 Å². The summed E-state index contributed by atoms with van der Waals surface area (Å²) in [6.07, 6.45) is 0. The van der Waals surface area contributed by atoms with Crippen molar-refractivity contribution < 1.29 is 14.4 Å². The first-order valence-corrected chi connectivity index (χ1v) is 7.98. The van der Waals surface area contributed by atoms with Gasteiger partial charge in [0.15, 0.2) is 5.17 Å². The van der Waals surface area contributed by atoms with Gasteiger partial charge in [0.1, 0.15) is 0 Å². The van der Waals surface area contributed by atoms with Crippen LogP contribution in [-0.2, 0) is 0 Å². The number of amidine groups is 1. The zero-order valence-electron chi connectivity index (χ0n) is 12.3. The van der Waals surface area contributed by atoms with Crippen LogP contribution in [0.2, 0.25) is 0 Å². The van der Waals surface area contributed by atoms with Crippen LogP contribution in [0.15, 0.2) is 23.2 Å². The van der Waals surface area contributed by atoms with E-state index < -0.39 is 0 Å². The number of imide groups is 1. The largest absolute Gasteiger partial charge is 0.301 e. The Balaban J connectivity index is 1.88. The Morgan fingerprint density at radius 2 is 2.00 bits per heavy atom. The maximum atomic E-state index is 12.3. The van der Waals surface area contributed by atoms with Crippen molar-refractivity contribution in [2.45, 2.75) is 19.9 Å². The summed E-state index contributed by atoms with van der Waals surface area (Å²) in [5.41, 5.74) is 0.982. The molecule has 3 rings (SSSR count). The van der Waals surface area contributed by atoms with Gasteiger partial charge in [0.05, 0.1) is 17.7 Å². The second-order valence-electron chi connectivity index (χ2n) is 5.32. The van der Waals surface area contributed by atoms with Crippen molar-refractivity contribution in [2.75, 3.05) is 12.3 Å². The van der Waals surface area contributed by atoms with Crippen molar-refractivity contribution >= 4 is 34.7 Å². The number of aliphatic imine (C=N–C) groups is 1. The SMILES string of the molecule is CC(C)N1C(=O)c2ccc(C(=O)NC3=NCCS3)cc2C1=O. The number of fused-ring (bicyclic) bond motifs is 1. The van der Waals surface area contributed by atoms with Gasteiger partial charge in [-0.25, -0.2) is 0 Å². The molecule has 7 heteroatoms. The molecule has 0 spiro atoms. The molecule has 0 saturated heterocycles. The highest BCUT2D eigenvalue weighted by Gasteiger charge is 2.37. The molecule has 22 heavy (non-hydrogen) atoms. The Hall–Kier alpha value is -2.15. The van der Waals surface area contributed by atoms with E-state index in [1.165, 1.54) is 28.8 Å². The lowest BCUT2D eigenvalue weighted by molar-refractivity contribution is 0.0609. The molecule has 0 atom stereocenters. The summed E-state index contributed by atoms with van der Waals surface area (Å²) >= 11 is 1.48. The highest BCUT2D eigenvalue weighted by atomic mass is 32.2. The van der Waals surface area contributed by atoms with Gasteiger partial charge >= 0.3 is 0 Å². The summed E-state index contributed by atoms with van der Waals surface area (Å²) in [4.78, 5) is 42.1. The van der Waals surface area contributed by atoms with Gasteiger partial charge in [-0.1, -0.05) is 11.8 Å². The molecule has 0 bridgehead atoms. The van der Waals surface area contributed by atoms with E-state index in [1.807, 2.05) is 0 Å². The molecule has 2 aliphatic heterocycles. The zero-order chi connectivity index (χ0) is 15.9. The van der Waals surface area contributed by atoms with Crippen LogP contribution in [0.5, 0.6) is 0 Å². The van der Waals surface area contributed by atoms with E-state index in [9.17, 15) is 14.4 Å². The Kier molecular flexibility index (Phi) is 3.74. The van der Waals surface area contributed by atoms with E-state index >= 15 is 0 Å². The first-order chi connectivity index (χ1) is 10.5. The number of nitrogens with zero attached hydrogens (tertiary/aromatic N) is 2. The van der Waals surface area contributed by atoms with Crippen LogP contribution in [0.3, 0.4) is 0 Å². The van der Waals surface area contributed by atoms with Crippen molar-refractivity contribution in [2.24, 2.45) is 4.99 Å².